The molecule has 0 unspecified atom stereocenters. The van der Waals surface area contributed by atoms with Gasteiger partial charge in [-0.15, -0.1) is 0 Å². The monoisotopic (exact) mass is 557 g/mol. The number of sulfonamides is 1. The van der Waals surface area contributed by atoms with Crippen LogP contribution < -0.4 is 16.0 Å². The van der Waals surface area contributed by atoms with Gasteiger partial charge in [-0.25, -0.2) is 27.6 Å². The SMILES string of the molecule is Cc1ccn2nc(Cn3nc(-c4cc(O)cc(NS(C)(=O)=O)c4)c4c(N)ncnc43)n(-c3ccccc3)c(=O)c12. The molecule has 0 saturated carbocycles. The maximum Gasteiger partial charge on any atom is 0.282 e. The minimum Gasteiger partial charge on any atom is -0.508 e. The number of para-hydroxylation sites is 1. The summed E-state index contributed by atoms with van der Waals surface area (Å²) in [6.07, 6.45) is 4.03. The molecule has 4 N–H and O–H groups in total. The van der Waals surface area contributed by atoms with Crippen LogP contribution in [0.1, 0.15) is 11.4 Å². The molecule has 0 bridgehead atoms. The molecule has 0 saturated heterocycles. The Hall–Kier alpha value is -5.24. The lowest BCUT2D eigenvalue weighted by Gasteiger charge is -2.13. The first-order valence-electron chi connectivity index (χ1n) is 12.0. The zero-order chi connectivity index (χ0) is 28.2. The number of phenolic OH excluding ortho intramolecular Hbond substituents is 1. The van der Waals surface area contributed by atoms with Gasteiger partial charge in [0.2, 0.25) is 10.0 Å². The number of aryl methyl sites for hydroxylation is 1. The molecule has 0 fully saturated rings. The van der Waals surface area contributed by atoms with Gasteiger partial charge in [0.25, 0.3) is 5.56 Å². The molecule has 0 aliphatic rings. The molecule has 0 atom stereocenters. The third-order valence-electron chi connectivity index (χ3n) is 6.31. The van der Waals surface area contributed by atoms with E-state index in [1.807, 2.05) is 43.3 Å². The van der Waals surface area contributed by atoms with E-state index in [0.29, 0.717) is 39.3 Å². The Morgan fingerprint density at radius 1 is 1.05 bits per heavy atom. The van der Waals surface area contributed by atoms with Gasteiger partial charge in [-0.3, -0.25) is 14.1 Å². The molecule has 0 spiro atoms. The molecule has 0 radical (unpaired) electrons. The van der Waals surface area contributed by atoms with E-state index >= 15 is 0 Å². The summed E-state index contributed by atoms with van der Waals surface area (Å²) in [7, 11) is -3.61. The number of nitrogen functional groups attached to an aromatic ring is 1. The van der Waals surface area contributed by atoms with E-state index in [4.69, 9.17) is 15.9 Å². The van der Waals surface area contributed by atoms with Crippen molar-refractivity contribution in [2.24, 2.45) is 0 Å². The minimum absolute atomic E-state index is 0.0253. The highest BCUT2D eigenvalue weighted by Crippen LogP contribution is 2.34. The van der Waals surface area contributed by atoms with Crippen molar-refractivity contribution >= 4 is 38.1 Å². The van der Waals surface area contributed by atoms with Gasteiger partial charge < -0.3 is 10.8 Å². The van der Waals surface area contributed by atoms with Gasteiger partial charge in [-0.2, -0.15) is 10.2 Å². The van der Waals surface area contributed by atoms with Crippen LogP contribution in [0.3, 0.4) is 0 Å². The smallest absolute Gasteiger partial charge is 0.282 e. The van der Waals surface area contributed by atoms with Crippen molar-refractivity contribution in [3.63, 3.8) is 0 Å². The van der Waals surface area contributed by atoms with Crippen molar-refractivity contribution < 1.29 is 13.5 Å². The average Bonchev–Trinajstić information content (AvgIpc) is 3.45. The molecule has 202 valence electrons. The normalized spacial score (nSPS) is 11.8. The summed E-state index contributed by atoms with van der Waals surface area (Å²) in [5.41, 5.74) is 9.08. The molecule has 2 aromatic carbocycles. The number of benzene rings is 2. The van der Waals surface area contributed by atoms with E-state index in [1.165, 1.54) is 29.1 Å². The second-order valence-corrected chi connectivity index (χ2v) is 11.0. The molecule has 14 heteroatoms. The Kier molecular flexibility index (Phi) is 5.76. The summed E-state index contributed by atoms with van der Waals surface area (Å²) in [6, 6.07) is 15.2. The van der Waals surface area contributed by atoms with Crippen molar-refractivity contribution in [3.8, 4) is 22.7 Å². The molecule has 4 aromatic heterocycles. The van der Waals surface area contributed by atoms with Gasteiger partial charge in [-0.1, -0.05) is 18.2 Å². The van der Waals surface area contributed by atoms with Crippen molar-refractivity contribution in [1.29, 1.82) is 0 Å². The zero-order valence-electron chi connectivity index (χ0n) is 21.3. The third-order valence-corrected chi connectivity index (χ3v) is 6.92. The van der Waals surface area contributed by atoms with Crippen LogP contribution in [0.25, 0.3) is 33.5 Å². The molecule has 6 rings (SSSR count). The molecule has 4 heterocycles. The molecular formula is C26H23N9O4S. The average molecular weight is 558 g/mol. The first-order valence-corrected chi connectivity index (χ1v) is 13.9. The van der Waals surface area contributed by atoms with Crippen LogP contribution in [0, 0.1) is 6.92 Å². The maximum atomic E-state index is 13.7. The fourth-order valence-electron chi connectivity index (χ4n) is 4.70. The molecule has 0 aliphatic heterocycles. The van der Waals surface area contributed by atoms with Crippen LogP contribution in [0.4, 0.5) is 11.5 Å². The van der Waals surface area contributed by atoms with E-state index in [1.54, 1.807) is 15.4 Å². The lowest BCUT2D eigenvalue weighted by atomic mass is 10.1. The molecule has 13 nitrogen and oxygen atoms in total. The number of rotatable bonds is 6. The van der Waals surface area contributed by atoms with Crippen LogP contribution in [0.5, 0.6) is 5.75 Å². The molecule has 6 aromatic rings. The fraction of sp³-hybridized carbons (Fsp3) is 0.115. The number of aromatic nitrogens is 7. The number of anilines is 2. The topological polar surface area (TPSA) is 175 Å². The summed E-state index contributed by atoms with van der Waals surface area (Å²) in [6.45, 7) is 1.88. The highest BCUT2D eigenvalue weighted by molar-refractivity contribution is 7.92. The van der Waals surface area contributed by atoms with Crippen molar-refractivity contribution in [3.05, 3.63) is 88.9 Å². The number of nitrogens with zero attached hydrogens (tertiary/aromatic N) is 7. The predicted octanol–water partition coefficient (Wildman–Crippen LogP) is 2.31. The molecule has 0 aliphatic carbocycles. The van der Waals surface area contributed by atoms with Crippen LogP contribution in [0.15, 0.2) is 71.9 Å². The van der Waals surface area contributed by atoms with Crippen LogP contribution in [0.2, 0.25) is 0 Å². The van der Waals surface area contributed by atoms with E-state index in [2.05, 4.69) is 14.7 Å². The van der Waals surface area contributed by atoms with E-state index in [9.17, 15) is 18.3 Å². The molecule has 40 heavy (non-hydrogen) atoms. The zero-order valence-corrected chi connectivity index (χ0v) is 22.2. The largest absolute Gasteiger partial charge is 0.508 e. The second-order valence-electron chi connectivity index (χ2n) is 9.29. The van der Waals surface area contributed by atoms with Crippen molar-refractivity contribution in [2.45, 2.75) is 13.5 Å². The lowest BCUT2D eigenvalue weighted by molar-refractivity contribution is 0.476. The highest BCUT2D eigenvalue weighted by atomic mass is 32.2. The first kappa shape index (κ1) is 25.1. The van der Waals surface area contributed by atoms with Gasteiger partial charge in [0.15, 0.2) is 11.5 Å². The third kappa shape index (κ3) is 4.39. The molecule has 0 amide bonds. The van der Waals surface area contributed by atoms with Crippen molar-refractivity contribution in [2.75, 3.05) is 16.7 Å². The second kappa shape index (κ2) is 9.20. The number of nitrogens with one attached hydrogen (secondary N) is 1. The standard InChI is InChI=1S/C26H23N9O4S/c1-15-8-9-33-23(15)26(37)35(18-6-4-3-5-7-18)20(30-33)13-34-25-21(24(27)28-14-29-25)22(31-34)16-10-17(12-19(36)11-16)32-40(2,38)39/h3-12,14,32,36H,13H2,1-2H3,(H2,27,28,29). The number of hydrogen-bond acceptors (Lipinski definition) is 9. The van der Waals surface area contributed by atoms with E-state index in [0.717, 1.165) is 11.8 Å². The number of hydrogen-bond donors (Lipinski definition) is 3. The summed E-state index contributed by atoms with van der Waals surface area (Å²) in [5.74, 6) is 0.328. The van der Waals surface area contributed by atoms with Crippen LogP contribution in [-0.4, -0.2) is 53.7 Å². The molecular weight excluding hydrogens is 534 g/mol. The van der Waals surface area contributed by atoms with E-state index in [-0.39, 0.29) is 29.4 Å². The Morgan fingerprint density at radius 2 is 1.82 bits per heavy atom. The Bertz CT molecular complexity index is 2100. The van der Waals surface area contributed by atoms with Gasteiger partial charge >= 0.3 is 0 Å². The Balaban J connectivity index is 1.57. The van der Waals surface area contributed by atoms with Gasteiger partial charge in [-0.05, 0) is 42.8 Å². The van der Waals surface area contributed by atoms with Crippen LogP contribution >= 0.6 is 0 Å². The minimum atomic E-state index is -3.61. The Morgan fingerprint density at radius 3 is 2.58 bits per heavy atom. The van der Waals surface area contributed by atoms with Gasteiger partial charge in [0.05, 0.1) is 23.0 Å². The van der Waals surface area contributed by atoms with Gasteiger partial charge in [0, 0.05) is 17.8 Å². The quantitative estimate of drug-likeness (QED) is 0.277. The Labute approximate surface area is 227 Å². The first-order chi connectivity index (χ1) is 19.1. The summed E-state index contributed by atoms with van der Waals surface area (Å²) in [5, 5.41) is 20.2. The predicted molar refractivity (Wildman–Crippen MR) is 150 cm³/mol. The number of phenols is 1. The maximum absolute atomic E-state index is 13.7. The van der Waals surface area contributed by atoms with Crippen LogP contribution in [-0.2, 0) is 16.6 Å². The summed E-state index contributed by atoms with van der Waals surface area (Å²) in [4.78, 5) is 22.2. The number of nitrogens with two attached hydrogens (primary N) is 1. The van der Waals surface area contributed by atoms with E-state index < -0.39 is 10.0 Å². The summed E-state index contributed by atoms with van der Waals surface area (Å²) >= 11 is 0. The highest BCUT2D eigenvalue weighted by Gasteiger charge is 2.22. The number of aromatic hydroxyl groups is 1. The summed E-state index contributed by atoms with van der Waals surface area (Å²) < 4.78 is 30.6. The number of fused-ring (bicyclic) bond motifs is 2. The van der Waals surface area contributed by atoms with Crippen molar-refractivity contribution in [1.82, 2.24) is 33.9 Å². The van der Waals surface area contributed by atoms with Gasteiger partial charge in [0.1, 0.15) is 35.7 Å². The lowest BCUT2D eigenvalue weighted by Crippen LogP contribution is -2.28. The fourth-order valence-corrected chi connectivity index (χ4v) is 5.25.